The van der Waals surface area contributed by atoms with Gasteiger partial charge in [0.2, 0.25) is 0 Å². The maximum absolute atomic E-state index is 9.68. The molecule has 0 bridgehead atoms. The normalized spacial score (nSPS) is 23.9. The Kier molecular flexibility index (Phi) is 5.02. The monoisotopic (exact) mass is 389 g/mol. The Labute approximate surface area is 164 Å². The average Bonchev–Trinajstić information content (AvgIpc) is 3.29. The number of morpholine rings is 1. The van der Waals surface area contributed by atoms with Crippen molar-refractivity contribution in [1.82, 2.24) is 9.97 Å². The molecular formula is C20H29N4O2S+. The lowest BCUT2D eigenvalue weighted by atomic mass is 9.98. The Balaban J connectivity index is 1.53. The number of ether oxygens (including phenoxy) is 1. The summed E-state index contributed by atoms with van der Waals surface area (Å²) in [5.41, 5.74) is 1.50. The van der Waals surface area contributed by atoms with Gasteiger partial charge in [-0.25, -0.2) is 9.97 Å². The third-order valence-corrected chi connectivity index (χ3v) is 7.46. The molecule has 2 saturated heterocycles. The highest BCUT2D eigenvalue weighted by Gasteiger charge is 2.28. The second kappa shape index (κ2) is 7.62. The van der Waals surface area contributed by atoms with Crippen LogP contribution in [0.15, 0.2) is 0 Å². The Morgan fingerprint density at radius 1 is 1.19 bits per heavy atom. The Bertz CT molecular complexity index is 818. The summed E-state index contributed by atoms with van der Waals surface area (Å²) in [6.07, 6.45) is 5.87. The smallest absolute Gasteiger partial charge is 0.187 e. The molecule has 2 fully saturated rings. The molecule has 1 atom stereocenters. The molecular weight excluding hydrogens is 360 g/mol. The molecule has 1 aliphatic carbocycles. The molecule has 0 radical (unpaired) electrons. The molecule has 2 aromatic rings. The summed E-state index contributed by atoms with van der Waals surface area (Å²) in [7, 11) is 0. The molecule has 0 aromatic carbocycles. The molecule has 3 aliphatic rings. The van der Waals surface area contributed by atoms with Crippen LogP contribution in [0.3, 0.4) is 0 Å². The van der Waals surface area contributed by atoms with Gasteiger partial charge < -0.3 is 19.6 Å². The number of piperidine rings is 1. The number of hydrogen-bond acceptors (Lipinski definition) is 6. The summed E-state index contributed by atoms with van der Waals surface area (Å²) in [5.74, 6) is 2.48. The summed E-state index contributed by atoms with van der Waals surface area (Å²) in [4.78, 5) is 16.8. The van der Waals surface area contributed by atoms with Crippen LogP contribution in [0, 0.1) is 5.92 Å². The van der Waals surface area contributed by atoms with Crippen molar-refractivity contribution in [3.8, 4) is 0 Å². The van der Waals surface area contributed by atoms with E-state index in [2.05, 4.69) is 4.90 Å². The zero-order chi connectivity index (χ0) is 18.2. The second-order valence-corrected chi connectivity index (χ2v) is 9.26. The van der Waals surface area contributed by atoms with Crippen LogP contribution in [-0.4, -0.2) is 61.1 Å². The van der Waals surface area contributed by atoms with Gasteiger partial charge in [-0.2, -0.15) is 0 Å². The van der Waals surface area contributed by atoms with Crippen molar-refractivity contribution in [1.29, 1.82) is 0 Å². The van der Waals surface area contributed by atoms with E-state index in [0.29, 0.717) is 5.92 Å². The quantitative estimate of drug-likeness (QED) is 0.810. The van der Waals surface area contributed by atoms with E-state index in [9.17, 15) is 5.11 Å². The lowest BCUT2D eigenvalue weighted by Crippen LogP contribution is -3.12. The van der Waals surface area contributed by atoms with Crippen molar-refractivity contribution in [2.75, 3.05) is 50.9 Å². The number of anilines is 1. The fraction of sp³-hybridized carbons (Fsp3) is 0.700. The number of hydrogen-bond donors (Lipinski definition) is 2. The van der Waals surface area contributed by atoms with Gasteiger partial charge in [-0.05, 0) is 43.6 Å². The molecule has 5 rings (SSSR count). The largest absolute Gasteiger partial charge is 0.396 e. The van der Waals surface area contributed by atoms with Gasteiger partial charge >= 0.3 is 0 Å². The van der Waals surface area contributed by atoms with Crippen LogP contribution in [0.5, 0.6) is 0 Å². The van der Waals surface area contributed by atoms with Gasteiger partial charge in [-0.1, -0.05) is 0 Å². The predicted octanol–water partition coefficient (Wildman–Crippen LogP) is 0.804. The Morgan fingerprint density at radius 3 is 2.93 bits per heavy atom. The number of aryl methyl sites for hydroxylation is 2. The van der Waals surface area contributed by atoms with Crippen LogP contribution >= 0.6 is 11.3 Å². The van der Waals surface area contributed by atoms with Gasteiger partial charge in [0.1, 0.15) is 30.3 Å². The van der Waals surface area contributed by atoms with E-state index in [0.717, 1.165) is 76.8 Å². The number of thiophene rings is 1. The van der Waals surface area contributed by atoms with E-state index in [4.69, 9.17) is 14.7 Å². The number of rotatable bonds is 4. The molecule has 0 saturated carbocycles. The van der Waals surface area contributed by atoms with E-state index in [1.807, 2.05) is 11.3 Å². The summed E-state index contributed by atoms with van der Waals surface area (Å²) >= 11 is 1.89. The SMILES string of the molecule is OC[C@@H]1CCCN(c2nc(C[NH+]3CCOCC3)nc3sc4c(c23)CCC4)C1. The van der Waals surface area contributed by atoms with Crippen molar-refractivity contribution in [2.24, 2.45) is 5.92 Å². The highest BCUT2D eigenvalue weighted by molar-refractivity contribution is 7.19. The lowest BCUT2D eigenvalue weighted by molar-refractivity contribution is -0.922. The van der Waals surface area contributed by atoms with Crippen molar-refractivity contribution in [3.05, 3.63) is 16.3 Å². The van der Waals surface area contributed by atoms with Crippen LogP contribution < -0.4 is 9.80 Å². The fourth-order valence-corrected chi connectivity index (χ4v) is 6.07. The predicted molar refractivity (Wildman–Crippen MR) is 107 cm³/mol. The highest BCUT2D eigenvalue weighted by Crippen LogP contribution is 2.41. The van der Waals surface area contributed by atoms with Gasteiger partial charge in [0, 0.05) is 24.6 Å². The van der Waals surface area contributed by atoms with E-state index < -0.39 is 0 Å². The van der Waals surface area contributed by atoms with Gasteiger partial charge in [-0.3, -0.25) is 0 Å². The number of aliphatic hydroxyl groups is 1. The zero-order valence-electron chi connectivity index (χ0n) is 15.9. The Hall–Kier alpha value is -1.28. The molecule has 2 N–H and O–H groups in total. The van der Waals surface area contributed by atoms with E-state index in [-0.39, 0.29) is 6.61 Å². The zero-order valence-corrected chi connectivity index (χ0v) is 16.7. The van der Waals surface area contributed by atoms with Gasteiger partial charge in [-0.15, -0.1) is 11.3 Å². The first-order valence-corrected chi connectivity index (χ1v) is 11.2. The first-order valence-electron chi connectivity index (χ1n) is 10.4. The molecule has 146 valence electrons. The van der Waals surface area contributed by atoms with Crippen molar-refractivity contribution in [2.45, 2.75) is 38.6 Å². The first-order chi connectivity index (χ1) is 13.3. The third-order valence-electron chi connectivity index (χ3n) is 6.28. The van der Waals surface area contributed by atoms with Gasteiger partial charge in [0.25, 0.3) is 0 Å². The molecule has 27 heavy (non-hydrogen) atoms. The molecule has 2 aliphatic heterocycles. The average molecular weight is 390 g/mol. The number of aromatic nitrogens is 2. The van der Waals surface area contributed by atoms with Crippen LogP contribution in [0.2, 0.25) is 0 Å². The summed E-state index contributed by atoms with van der Waals surface area (Å²) in [6.45, 7) is 6.85. The topological polar surface area (TPSA) is 62.9 Å². The number of quaternary nitrogens is 1. The summed E-state index contributed by atoms with van der Waals surface area (Å²) in [5, 5.41) is 11.0. The minimum atomic E-state index is 0.275. The molecule has 0 amide bonds. The first kappa shape index (κ1) is 17.8. The number of nitrogens with one attached hydrogen (secondary N) is 1. The van der Waals surface area contributed by atoms with Crippen molar-refractivity contribution >= 4 is 27.4 Å². The summed E-state index contributed by atoms with van der Waals surface area (Å²) < 4.78 is 5.50. The molecule has 2 aromatic heterocycles. The molecule has 6 nitrogen and oxygen atoms in total. The molecule has 4 heterocycles. The van der Waals surface area contributed by atoms with Crippen LogP contribution in [0.25, 0.3) is 10.2 Å². The lowest BCUT2D eigenvalue weighted by Gasteiger charge is -2.33. The van der Waals surface area contributed by atoms with E-state index >= 15 is 0 Å². The van der Waals surface area contributed by atoms with Crippen molar-refractivity contribution < 1.29 is 14.7 Å². The third kappa shape index (κ3) is 3.46. The maximum Gasteiger partial charge on any atom is 0.187 e. The van der Waals surface area contributed by atoms with Gasteiger partial charge in [0.15, 0.2) is 5.82 Å². The minimum Gasteiger partial charge on any atom is -0.396 e. The van der Waals surface area contributed by atoms with Crippen LogP contribution in [-0.2, 0) is 24.1 Å². The molecule has 7 heteroatoms. The van der Waals surface area contributed by atoms with Gasteiger partial charge in [0.05, 0.1) is 18.6 Å². The standard InChI is InChI=1S/C20H28N4O2S/c25-13-14-3-2-6-24(11-14)19-18-15-4-1-5-16(15)27-20(18)22-17(21-19)12-23-7-9-26-10-8-23/h14,25H,1-13H2/p+1/t14-/m1/s1. The number of aliphatic hydroxyl groups excluding tert-OH is 1. The number of nitrogens with zero attached hydrogens (tertiary/aromatic N) is 3. The number of fused-ring (bicyclic) bond motifs is 3. The molecule has 0 unspecified atom stereocenters. The molecule has 0 spiro atoms. The van der Waals surface area contributed by atoms with Crippen LogP contribution in [0.4, 0.5) is 5.82 Å². The minimum absolute atomic E-state index is 0.275. The fourth-order valence-electron chi connectivity index (χ4n) is 4.79. The maximum atomic E-state index is 9.68. The van der Waals surface area contributed by atoms with Crippen LogP contribution in [0.1, 0.15) is 35.5 Å². The Morgan fingerprint density at radius 2 is 2.07 bits per heavy atom. The highest BCUT2D eigenvalue weighted by atomic mass is 32.1. The van der Waals surface area contributed by atoms with E-state index in [1.54, 1.807) is 0 Å². The van der Waals surface area contributed by atoms with E-state index in [1.165, 1.54) is 38.4 Å². The van der Waals surface area contributed by atoms with Crippen molar-refractivity contribution in [3.63, 3.8) is 0 Å². The summed E-state index contributed by atoms with van der Waals surface area (Å²) in [6, 6.07) is 0. The second-order valence-electron chi connectivity index (χ2n) is 8.18.